The highest BCUT2D eigenvalue weighted by atomic mass is 35.5. The third-order valence-corrected chi connectivity index (χ3v) is 3.05. The number of hydrogen-bond acceptors (Lipinski definition) is 2. The van der Waals surface area contributed by atoms with Gasteiger partial charge in [0.25, 0.3) is 0 Å². The molecule has 0 spiro atoms. The van der Waals surface area contributed by atoms with Crippen LogP contribution in [0, 0.1) is 0 Å². The van der Waals surface area contributed by atoms with Crippen LogP contribution in [0.1, 0.15) is 0 Å². The Morgan fingerprint density at radius 1 is 1.06 bits per heavy atom. The monoisotopic (exact) mass is 287 g/mol. The summed E-state index contributed by atoms with van der Waals surface area (Å²) in [6, 6.07) is 6.87. The third kappa shape index (κ3) is 2.65. The highest BCUT2D eigenvalue weighted by Gasteiger charge is 2.11. The number of aromatic nitrogens is 1. The molecule has 0 atom stereocenters. The molecule has 1 heterocycles. The van der Waals surface area contributed by atoms with Crippen LogP contribution in [-0.2, 0) is 0 Å². The molecule has 88 valence electrons. The molecule has 0 bridgehead atoms. The van der Waals surface area contributed by atoms with Gasteiger partial charge in [-0.05, 0) is 23.8 Å². The first-order valence-electron chi connectivity index (χ1n) is 4.77. The molecule has 0 aliphatic heterocycles. The van der Waals surface area contributed by atoms with Crippen molar-refractivity contribution in [2.45, 2.75) is 0 Å². The summed E-state index contributed by atoms with van der Waals surface area (Å²) in [5, 5.41) is 1.50. The van der Waals surface area contributed by atoms with Gasteiger partial charge < -0.3 is 4.74 Å². The summed E-state index contributed by atoms with van der Waals surface area (Å²) in [5.41, 5.74) is 1.56. The average molecular weight is 289 g/mol. The van der Waals surface area contributed by atoms with Gasteiger partial charge in [0.2, 0.25) is 5.88 Å². The Kier molecular flexibility index (Phi) is 3.77. The maximum absolute atomic E-state index is 6.13. The number of benzene rings is 1. The second-order valence-corrected chi connectivity index (χ2v) is 4.58. The van der Waals surface area contributed by atoms with Crippen molar-refractivity contribution in [3.05, 3.63) is 45.5 Å². The number of nitrogens with zero attached hydrogens (tertiary/aromatic N) is 1. The average Bonchev–Trinajstić information content (AvgIpc) is 2.28. The Bertz CT molecular complexity index is 534. The lowest BCUT2D eigenvalue weighted by atomic mass is 10.1. The van der Waals surface area contributed by atoms with Crippen LogP contribution in [0.15, 0.2) is 30.5 Å². The molecule has 1 aromatic carbocycles. The van der Waals surface area contributed by atoms with Gasteiger partial charge in [-0.15, -0.1) is 0 Å². The van der Waals surface area contributed by atoms with E-state index in [1.165, 1.54) is 0 Å². The van der Waals surface area contributed by atoms with Crippen LogP contribution in [0.25, 0.3) is 11.1 Å². The van der Waals surface area contributed by atoms with Crippen molar-refractivity contribution >= 4 is 34.8 Å². The van der Waals surface area contributed by atoms with Crippen molar-refractivity contribution in [3.8, 4) is 17.0 Å². The zero-order valence-electron chi connectivity index (χ0n) is 8.88. The van der Waals surface area contributed by atoms with Crippen LogP contribution in [0.4, 0.5) is 0 Å². The largest absolute Gasteiger partial charge is 0.481 e. The van der Waals surface area contributed by atoms with Gasteiger partial charge in [0.05, 0.1) is 17.2 Å². The minimum Gasteiger partial charge on any atom is -0.481 e. The van der Waals surface area contributed by atoms with E-state index < -0.39 is 0 Å². The fourth-order valence-electron chi connectivity index (χ4n) is 1.49. The molecule has 0 saturated heterocycles. The number of methoxy groups -OCH3 is 1. The van der Waals surface area contributed by atoms with E-state index in [4.69, 9.17) is 39.5 Å². The lowest BCUT2D eigenvalue weighted by Crippen LogP contribution is -1.88. The topological polar surface area (TPSA) is 22.1 Å². The van der Waals surface area contributed by atoms with Crippen LogP contribution in [0.2, 0.25) is 15.1 Å². The Hall–Kier alpha value is -0.960. The molecule has 0 aliphatic carbocycles. The van der Waals surface area contributed by atoms with E-state index in [1.54, 1.807) is 31.5 Å². The first-order valence-corrected chi connectivity index (χ1v) is 5.90. The van der Waals surface area contributed by atoms with Gasteiger partial charge in [0.15, 0.2) is 0 Å². The van der Waals surface area contributed by atoms with Gasteiger partial charge in [0.1, 0.15) is 0 Å². The molecule has 2 aromatic rings. The molecule has 0 amide bonds. The van der Waals surface area contributed by atoms with Gasteiger partial charge >= 0.3 is 0 Å². The lowest BCUT2D eigenvalue weighted by Gasteiger charge is -2.08. The summed E-state index contributed by atoms with van der Waals surface area (Å²) in [7, 11) is 1.55. The Balaban J connectivity index is 2.60. The maximum atomic E-state index is 6.13. The molecule has 2 rings (SSSR count). The van der Waals surface area contributed by atoms with Crippen molar-refractivity contribution < 1.29 is 4.74 Å². The van der Waals surface area contributed by atoms with Crippen molar-refractivity contribution in [1.82, 2.24) is 4.98 Å². The van der Waals surface area contributed by atoms with E-state index in [1.807, 2.05) is 6.07 Å². The Morgan fingerprint density at radius 2 is 1.71 bits per heavy atom. The van der Waals surface area contributed by atoms with Crippen molar-refractivity contribution in [2.75, 3.05) is 7.11 Å². The first kappa shape index (κ1) is 12.5. The number of halogens is 3. The molecule has 1 aromatic heterocycles. The van der Waals surface area contributed by atoms with E-state index in [-0.39, 0.29) is 0 Å². The fraction of sp³-hybridized carbons (Fsp3) is 0.0833. The fourth-order valence-corrected chi connectivity index (χ4v) is 2.53. The zero-order valence-corrected chi connectivity index (χ0v) is 11.1. The molecule has 0 N–H and O–H groups in total. The molecule has 0 unspecified atom stereocenters. The minimum absolute atomic E-state index is 0.496. The predicted octanol–water partition coefficient (Wildman–Crippen LogP) is 4.72. The Labute approximate surface area is 114 Å². The smallest absolute Gasteiger partial charge is 0.213 e. The summed E-state index contributed by atoms with van der Waals surface area (Å²) in [4.78, 5) is 4.03. The molecule has 2 nitrogen and oxygen atoms in total. The van der Waals surface area contributed by atoms with Gasteiger partial charge in [-0.2, -0.15) is 0 Å². The number of hydrogen-bond donors (Lipinski definition) is 0. The van der Waals surface area contributed by atoms with E-state index in [9.17, 15) is 0 Å². The molecule has 0 radical (unpaired) electrons. The lowest BCUT2D eigenvalue weighted by molar-refractivity contribution is 0.398. The molecular weight excluding hydrogens is 280 g/mol. The van der Waals surface area contributed by atoms with Crippen LogP contribution in [-0.4, -0.2) is 12.1 Å². The van der Waals surface area contributed by atoms with Gasteiger partial charge in [-0.3, -0.25) is 0 Å². The summed E-state index contributed by atoms with van der Waals surface area (Å²) in [6.45, 7) is 0. The summed E-state index contributed by atoms with van der Waals surface area (Å²) in [5.74, 6) is 0.504. The molecule has 0 aliphatic rings. The normalized spacial score (nSPS) is 10.4. The van der Waals surface area contributed by atoms with Crippen molar-refractivity contribution in [2.24, 2.45) is 0 Å². The van der Waals surface area contributed by atoms with Gasteiger partial charge in [-0.25, -0.2) is 4.98 Å². The Morgan fingerprint density at radius 3 is 2.29 bits per heavy atom. The second-order valence-electron chi connectivity index (χ2n) is 3.33. The van der Waals surface area contributed by atoms with Crippen molar-refractivity contribution in [1.29, 1.82) is 0 Å². The zero-order chi connectivity index (χ0) is 12.4. The summed E-state index contributed by atoms with van der Waals surface area (Å²) >= 11 is 18.1. The molecular formula is C12H8Cl3NO. The number of rotatable bonds is 2. The second kappa shape index (κ2) is 5.13. The van der Waals surface area contributed by atoms with Crippen LogP contribution < -0.4 is 4.74 Å². The van der Waals surface area contributed by atoms with Crippen LogP contribution >= 0.6 is 34.8 Å². The van der Waals surface area contributed by atoms with Crippen LogP contribution in [0.3, 0.4) is 0 Å². The highest BCUT2D eigenvalue weighted by molar-refractivity contribution is 6.41. The van der Waals surface area contributed by atoms with E-state index in [0.717, 1.165) is 11.1 Å². The quantitative estimate of drug-likeness (QED) is 0.798. The number of ether oxygens (including phenoxy) is 1. The molecule has 0 fully saturated rings. The maximum Gasteiger partial charge on any atom is 0.213 e. The van der Waals surface area contributed by atoms with Crippen molar-refractivity contribution in [3.63, 3.8) is 0 Å². The summed E-state index contributed by atoms with van der Waals surface area (Å²) in [6.07, 6.45) is 1.63. The SMILES string of the molecule is COc1cc(-c2c(Cl)cc(Cl)cc2Cl)ccn1. The predicted molar refractivity (Wildman–Crippen MR) is 71.3 cm³/mol. The minimum atomic E-state index is 0.496. The molecule has 17 heavy (non-hydrogen) atoms. The number of pyridine rings is 1. The third-order valence-electron chi connectivity index (χ3n) is 2.24. The summed E-state index contributed by atoms with van der Waals surface area (Å²) < 4.78 is 5.06. The van der Waals surface area contributed by atoms with Crippen LogP contribution in [0.5, 0.6) is 5.88 Å². The van der Waals surface area contributed by atoms with Gasteiger partial charge in [-0.1, -0.05) is 34.8 Å². The standard InChI is InChI=1S/C12H8Cl3NO/c1-17-11-4-7(2-3-16-11)12-9(14)5-8(13)6-10(12)15/h2-6H,1H3. The first-order chi connectivity index (χ1) is 8.11. The van der Waals surface area contributed by atoms with E-state index >= 15 is 0 Å². The highest BCUT2D eigenvalue weighted by Crippen LogP contribution is 2.37. The van der Waals surface area contributed by atoms with E-state index in [2.05, 4.69) is 4.98 Å². The molecule has 5 heteroatoms. The van der Waals surface area contributed by atoms with Gasteiger partial charge in [0, 0.05) is 22.8 Å². The molecule has 0 saturated carbocycles. The van der Waals surface area contributed by atoms with E-state index in [0.29, 0.717) is 20.9 Å².